The van der Waals surface area contributed by atoms with Crippen LogP contribution in [0.1, 0.15) is 0 Å². The number of halogens is 1. The monoisotopic (exact) mass is 203 g/mol. The molecule has 2 aromatic rings. The van der Waals surface area contributed by atoms with E-state index in [2.05, 4.69) is 4.98 Å². The van der Waals surface area contributed by atoms with Crippen LogP contribution in [0.3, 0.4) is 0 Å². The number of benzene rings is 1. The summed E-state index contributed by atoms with van der Waals surface area (Å²) in [7, 11) is 1.57. The van der Waals surface area contributed by atoms with Crippen molar-refractivity contribution >= 4 is 0 Å². The fourth-order valence-corrected chi connectivity index (χ4v) is 1.34. The second-order valence-corrected chi connectivity index (χ2v) is 3.09. The van der Waals surface area contributed by atoms with Gasteiger partial charge in [0.2, 0.25) is 5.88 Å². The molecule has 0 bridgehead atoms. The van der Waals surface area contributed by atoms with Crippen molar-refractivity contribution in [3.63, 3.8) is 0 Å². The van der Waals surface area contributed by atoms with Crippen LogP contribution in [0, 0.1) is 5.82 Å². The van der Waals surface area contributed by atoms with Crippen LogP contribution < -0.4 is 4.74 Å². The van der Waals surface area contributed by atoms with Crippen molar-refractivity contribution < 1.29 is 9.13 Å². The van der Waals surface area contributed by atoms with Crippen LogP contribution in [0.4, 0.5) is 4.39 Å². The second kappa shape index (κ2) is 4.09. The molecule has 0 fully saturated rings. The topological polar surface area (TPSA) is 22.1 Å². The van der Waals surface area contributed by atoms with Crippen LogP contribution in [0.25, 0.3) is 11.1 Å². The zero-order valence-corrected chi connectivity index (χ0v) is 8.27. The lowest BCUT2D eigenvalue weighted by molar-refractivity contribution is 0.398. The van der Waals surface area contributed by atoms with Gasteiger partial charge in [0.25, 0.3) is 0 Å². The maximum Gasteiger partial charge on any atom is 0.213 e. The molecule has 3 heteroatoms. The first-order valence-electron chi connectivity index (χ1n) is 4.55. The summed E-state index contributed by atoms with van der Waals surface area (Å²) in [6.07, 6.45) is 1.66. The molecule has 0 saturated carbocycles. The van der Waals surface area contributed by atoms with E-state index in [0.29, 0.717) is 5.88 Å². The second-order valence-electron chi connectivity index (χ2n) is 3.09. The van der Waals surface area contributed by atoms with Gasteiger partial charge in [-0.2, -0.15) is 0 Å². The Morgan fingerprint density at radius 1 is 1.07 bits per heavy atom. The van der Waals surface area contributed by atoms with Crippen LogP contribution in [0.5, 0.6) is 5.88 Å². The van der Waals surface area contributed by atoms with Crippen molar-refractivity contribution in [1.82, 2.24) is 4.98 Å². The number of ether oxygens (including phenoxy) is 1. The summed E-state index contributed by atoms with van der Waals surface area (Å²) >= 11 is 0. The van der Waals surface area contributed by atoms with Crippen molar-refractivity contribution in [2.75, 3.05) is 7.11 Å². The summed E-state index contributed by atoms with van der Waals surface area (Å²) in [5.74, 6) is 0.316. The first kappa shape index (κ1) is 9.65. The average molecular weight is 203 g/mol. The molecule has 15 heavy (non-hydrogen) atoms. The molecule has 0 unspecified atom stereocenters. The minimum atomic E-state index is -0.236. The van der Waals surface area contributed by atoms with E-state index in [9.17, 15) is 4.39 Å². The van der Waals surface area contributed by atoms with Gasteiger partial charge in [-0.3, -0.25) is 0 Å². The van der Waals surface area contributed by atoms with Crippen LogP contribution in [-0.4, -0.2) is 12.1 Å². The first-order chi connectivity index (χ1) is 7.29. The summed E-state index contributed by atoms with van der Waals surface area (Å²) in [5.41, 5.74) is 1.90. The van der Waals surface area contributed by atoms with Crippen molar-refractivity contribution in [3.05, 3.63) is 48.4 Å². The Bertz CT molecular complexity index is 453. The maximum absolute atomic E-state index is 12.7. The van der Waals surface area contributed by atoms with E-state index in [1.54, 1.807) is 25.4 Å². The summed E-state index contributed by atoms with van der Waals surface area (Å²) in [5, 5.41) is 0. The van der Waals surface area contributed by atoms with Crippen molar-refractivity contribution in [1.29, 1.82) is 0 Å². The number of aromatic nitrogens is 1. The molecule has 0 aliphatic rings. The Kier molecular flexibility index (Phi) is 2.63. The van der Waals surface area contributed by atoms with Gasteiger partial charge in [-0.25, -0.2) is 9.37 Å². The Morgan fingerprint density at radius 3 is 2.47 bits per heavy atom. The van der Waals surface area contributed by atoms with Gasteiger partial charge in [-0.05, 0) is 29.3 Å². The molecule has 2 nitrogen and oxygen atoms in total. The molecule has 1 heterocycles. The standard InChI is InChI=1S/C12H10FNO/c1-15-12-8-10(6-7-14-12)9-2-4-11(13)5-3-9/h2-8H,1H3. The highest BCUT2D eigenvalue weighted by molar-refractivity contribution is 5.63. The SMILES string of the molecule is COc1cc(-c2ccc(F)cc2)ccn1. The summed E-state index contributed by atoms with van der Waals surface area (Å²) in [6, 6.07) is 9.99. The third-order valence-electron chi connectivity index (χ3n) is 2.12. The lowest BCUT2D eigenvalue weighted by Crippen LogP contribution is -1.87. The Hall–Kier alpha value is -1.90. The van der Waals surface area contributed by atoms with Crippen LogP contribution in [0.15, 0.2) is 42.6 Å². The fraction of sp³-hybridized carbons (Fsp3) is 0.0833. The summed E-state index contributed by atoms with van der Waals surface area (Å²) in [4.78, 5) is 4.00. The average Bonchev–Trinajstić information content (AvgIpc) is 2.30. The molecular weight excluding hydrogens is 193 g/mol. The summed E-state index contributed by atoms with van der Waals surface area (Å²) in [6.45, 7) is 0. The highest BCUT2D eigenvalue weighted by atomic mass is 19.1. The lowest BCUT2D eigenvalue weighted by atomic mass is 10.1. The third-order valence-corrected chi connectivity index (χ3v) is 2.12. The molecule has 1 aromatic heterocycles. The lowest BCUT2D eigenvalue weighted by Gasteiger charge is -2.03. The Morgan fingerprint density at radius 2 is 1.80 bits per heavy atom. The highest BCUT2D eigenvalue weighted by Crippen LogP contribution is 2.21. The van der Waals surface area contributed by atoms with Gasteiger partial charge >= 0.3 is 0 Å². The van der Waals surface area contributed by atoms with E-state index in [-0.39, 0.29) is 5.82 Å². The van der Waals surface area contributed by atoms with E-state index in [1.807, 2.05) is 12.1 Å². The minimum Gasteiger partial charge on any atom is -0.481 e. The van der Waals surface area contributed by atoms with Gasteiger partial charge in [0.05, 0.1) is 7.11 Å². The van der Waals surface area contributed by atoms with Crippen LogP contribution in [-0.2, 0) is 0 Å². The third kappa shape index (κ3) is 2.13. The number of pyridine rings is 1. The molecule has 0 spiro atoms. The van der Waals surface area contributed by atoms with E-state index in [0.717, 1.165) is 11.1 Å². The molecule has 76 valence electrons. The van der Waals surface area contributed by atoms with Crippen molar-refractivity contribution in [2.45, 2.75) is 0 Å². The molecule has 0 radical (unpaired) electrons. The number of hydrogen-bond donors (Lipinski definition) is 0. The van der Waals surface area contributed by atoms with E-state index in [4.69, 9.17) is 4.74 Å². The molecule has 2 rings (SSSR count). The Labute approximate surface area is 87.4 Å². The van der Waals surface area contributed by atoms with E-state index < -0.39 is 0 Å². The Balaban J connectivity index is 2.40. The van der Waals surface area contributed by atoms with Gasteiger partial charge in [0, 0.05) is 12.3 Å². The smallest absolute Gasteiger partial charge is 0.213 e. The molecule has 0 aliphatic carbocycles. The van der Waals surface area contributed by atoms with E-state index >= 15 is 0 Å². The highest BCUT2D eigenvalue weighted by Gasteiger charge is 2.00. The molecule has 0 aliphatic heterocycles. The zero-order valence-electron chi connectivity index (χ0n) is 8.27. The first-order valence-corrected chi connectivity index (χ1v) is 4.55. The molecule has 0 saturated heterocycles. The van der Waals surface area contributed by atoms with Gasteiger partial charge < -0.3 is 4.74 Å². The normalized spacial score (nSPS) is 10.0. The predicted molar refractivity (Wildman–Crippen MR) is 56.2 cm³/mol. The quantitative estimate of drug-likeness (QED) is 0.748. The molecule has 0 N–H and O–H groups in total. The number of methoxy groups -OCH3 is 1. The molecular formula is C12H10FNO. The molecule has 1 aromatic carbocycles. The zero-order chi connectivity index (χ0) is 10.7. The van der Waals surface area contributed by atoms with Crippen molar-refractivity contribution in [2.24, 2.45) is 0 Å². The largest absolute Gasteiger partial charge is 0.481 e. The molecule has 0 amide bonds. The maximum atomic E-state index is 12.7. The molecule has 0 atom stereocenters. The number of nitrogens with zero attached hydrogens (tertiary/aromatic N) is 1. The fourth-order valence-electron chi connectivity index (χ4n) is 1.34. The number of rotatable bonds is 2. The van der Waals surface area contributed by atoms with Crippen LogP contribution >= 0.6 is 0 Å². The van der Waals surface area contributed by atoms with Crippen molar-refractivity contribution in [3.8, 4) is 17.0 Å². The summed E-state index contributed by atoms with van der Waals surface area (Å²) < 4.78 is 17.7. The predicted octanol–water partition coefficient (Wildman–Crippen LogP) is 2.90. The minimum absolute atomic E-state index is 0.236. The van der Waals surface area contributed by atoms with Gasteiger partial charge in [-0.1, -0.05) is 12.1 Å². The number of hydrogen-bond acceptors (Lipinski definition) is 2. The van der Waals surface area contributed by atoms with Gasteiger partial charge in [0.1, 0.15) is 5.82 Å². The van der Waals surface area contributed by atoms with Gasteiger partial charge in [-0.15, -0.1) is 0 Å². The van der Waals surface area contributed by atoms with E-state index in [1.165, 1.54) is 12.1 Å². The van der Waals surface area contributed by atoms with Gasteiger partial charge in [0.15, 0.2) is 0 Å². The van der Waals surface area contributed by atoms with Crippen LogP contribution in [0.2, 0.25) is 0 Å².